The molecule has 5 heteroatoms. The molecule has 0 saturated carbocycles. The Morgan fingerprint density at radius 2 is 1.72 bits per heavy atom. The van der Waals surface area contributed by atoms with E-state index >= 15 is 0 Å². The Labute approximate surface area is 150 Å². The van der Waals surface area contributed by atoms with Crippen molar-refractivity contribution in [3.63, 3.8) is 0 Å². The van der Waals surface area contributed by atoms with Crippen molar-refractivity contribution in [3.05, 3.63) is 53.7 Å². The van der Waals surface area contributed by atoms with Crippen molar-refractivity contribution in [1.82, 2.24) is 9.88 Å². The quantitative estimate of drug-likeness (QED) is 0.815. The number of likely N-dealkylation sites (tertiary alicyclic amines) is 1. The molecule has 1 fully saturated rings. The second-order valence-electron chi connectivity index (χ2n) is 7.02. The molecule has 0 amide bonds. The van der Waals surface area contributed by atoms with E-state index in [1.165, 1.54) is 44.2 Å². The number of piperidine rings is 1. The van der Waals surface area contributed by atoms with Crippen LogP contribution in [0.25, 0.3) is 11.3 Å². The molecule has 134 valence electrons. The monoisotopic (exact) mass is 358 g/mol. The Bertz CT molecular complexity index is 793. The van der Waals surface area contributed by atoms with Crippen molar-refractivity contribution in [2.24, 2.45) is 0 Å². The number of aromatic nitrogens is 1. The van der Waals surface area contributed by atoms with Crippen LogP contribution in [-0.4, -0.2) is 37.6 Å². The first kappa shape index (κ1) is 18.1. The fourth-order valence-corrected chi connectivity index (χ4v) is 4.21. The Balaban J connectivity index is 1.71. The number of rotatable bonds is 5. The summed E-state index contributed by atoms with van der Waals surface area (Å²) in [6.07, 6.45) is 6.84. The molecule has 1 aliphatic heterocycles. The van der Waals surface area contributed by atoms with E-state index in [2.05, 4.69) is 41.1 Å². The van der Waals surface area contributed by atoms with Crippen LogP contribution in [0.5, 0.6) is 0 Å². The van der Waals surface area contributed by atoms with Crippen LogP contribution >= 0.6 is 0 Å². The largest absolute Gasteiger partial charge is 0.297 e. The minimum Gasteiger partial charge on any atom is -0.297 e. The molecule has 0 N–H and O–H groups in total. The average Bonchev–Trinajstić information content (AvgIpc) is 2.61. The fourth-order valence-electron chi connectivity index (χ4n) is 3.43. The molecule has 0 radical (unpaired) electrons. The summed E-state index contributed by atoms with van der Waals surface area (Å²) in [7, 11) is -3.03. The minimum absolute atomic E-state index is 0.0343. The predicted octanol–water partition coefficient (Wildman–Crippen LogP) is 3.84. The molecule has 0 unspecified atom stereocenters. The number of pyridine rings is 1. The minimum atomic E-state index is -3.03. The van der Waals surface area contributed by atoms with E-state index in [0.717, 1.165) is 16.8 Å². The van der Waals surface area contributed by atoms with Crippen molar-refractivity contribution in [1.29, 1.82) is 0 Å². The zero-order valence-corrected chi connectivity index (χ0v) is 15.8. The zero-order valence-electron chi connectivity index (χ0n) is 15.0. The molecule has 3 rings (SSSR count). The van der Waals surface area contributed by atoms with Crippen LogP contribution < -0.4 is 0 Å². The number of hydrogen-bond donors (Lipinski definition) is 0. The van der Waals surface area contributed by atoms with Crippen LogP contribution in [0.3, 0.4) is 0 Å². The summed E-state index contributed by atoms with van der Waals surface area (Å²) in [5.74, 6) is 0.0343. The van der Waals surface area contributed by atoms with Crippen molar-refractivity contribution in [3.8, 4) is 11.3 Å². The van der Waals surface area contributed by atoms with Gasteiger partial charge in [-0.25, -0.2) is 8.42 Å². The maximum Gasteiger partial charge on any atom is 0.151 e. The third-order valence-electron chi connectivity index (χ3n) is 4.88. The summed E-state index contributed by atoms with van der Waals surface area (Å²) in [5.41, 5.74) is 3.98. The molecule has 2 heterocycles. The first-order chi connectivity index (χ1) is 11.9. The summed E-state index contributed by atoms with van der Waals surface area (Å²) in [5, 5.41) is 0. The summed E-state index contributed by atoms with van der Waals surface area (Å²) in [6, 6.07) is 12.8. The molecule has 4 nitrogen and oxygen atoms in total. The summed E-state index contributed by atoms with van der Waals surface area (Å²) in [6.45, 7) is 4.65. The zero-order chi connectivity index (χ0) is 17.9. The van der Waals surface area contributed by atoms with E-state index in [4.69, 9.17) is 0 Å². The highest BCUT2D eigenvalue weighted by atomic mass is 32.2. The number of hydrogen-bond acceptors (Lipinski definition) is 4. The smallest absolute Gasteiger partial charge is 0.151 e. The number of nitrogens with zero attached hydrogens (tertiary/aromatic N) is 2. The Hall–Kier alpha value is -1.72. The van der Waals surface area contributed by atoms with Crippen LogP contribution in [0.15, 0.2) is 42.6 Å². The van der Waals surface area contributed by atoms with Gasteiger partial charge in [-0.1, -0.05) is 36.8 Å². The van der Waals surface area contributed by atoms with Gasteiger partial charge in [-0.05, 0) is 50.0 Å². The van der Waals surface area contributed by atoms with Crippen LogP contribution in [0.2, 0.25) is 0 Å². The van der Waals surface area contributed by atoms with Crippen molar-refractivity contribution < 1.29 is 8.42 Å². The lowest BCUT2D eigenvalue weighted by Gasteiger charge is -2.32. The Morgan fingerprint density at radius 3 is 2.28 bits per heavy atom. The van der Waals surface area contributed by atoms with Crippen LogP contribution in [-0.2, 0) is 15.6 Å². The van der Waals surface area contributed by atoms with Gasteiger partial charge in [0.1, 0.15) is 0 Å². The molecule has 1 aromatic carbocycles. The van der Waals surface area contributed by atoms with E-state index < -0.39 is 9.84 Å². The van der Waals surface area contributed by atoms with Gasteiger partial charge in [0.15, 0.2) is 9.84 Å². The normalized spacial score (nSPS) is 17.4. The highest BCUT2D eigenvalue weighted by Gasteiger charge is 2.18. The van der Waals surface area contributed by atoms with Crippen molar-refractivity contribution >= 4 is 9.84 Å². The van der Waals surface area contributed by atoms with Gasteiger partial charge in [-0.3, -0.25) is 9.88 Å². The van der Waals surface area contributed by atoms with Gasteiger partial charge in [0.05, 0.1) is 11.4 Å². The molecule has 1 atom stereocenters. The van der Waals surface area contributed by atoms with Gasteiger partial charge in [-0.2, -0.15) is 0 Å². The molecule has 0 bridgehead atoms. The summed E-state index contributed by atoms with van der Waals surface area (Å²) < 4.78 is 22.7. The van der Waals surface area contributed by atoms with Crippen molar-refractivity contribution in [2.75, 3.05) is 19.3 Å². The Kier molecular flexibility index (Phi) is 5.54. The molecule has 25 heavy (non-hydrogen) atoms. The topological polar surface area (TPSA) is 50.3 Å². The number of sulfone groups is 1. The first-order valence-corrected chi connectivity index (χ1v) is 11.0. The van der Waals surface area contributed by atoms with Crippen molar-refractivity contribution in [2.45, 2.75) is 38.0 Å². The molecule has 1 saturated heterocycles. The van der Waals surface area contributed by atoms with E-state index in [-0.39, 0.29) is 5.75 Å². The molecule has 0 spiro atoms. The maximum absolute atomic E-state index is 11.4. The summed E-state index contributed by atoms with van der Waals surface area (Å²) in [4.78, 5) is 6.97. The third kappa shape index (κ3) is 4.89. The highest BCUT2D eigenvalue weighted by molar-refractivity contribution is 7.89. The molecule has 2 aromatic rings. The van der Waals surface area contributed by atoms with Gasteiger partial charge in [0.25, 0.3) is 0 Å². The van der Waals surface area contributed by atoms with Gasteiger partial charge in [0, 0.05) is 24.1 Å². The van der Waals surface area contributed by atoms with Crippen LogP contribution in [0.4, 0.5) is 0 Å². The van der Waals surface area contributed by atoms with E-state index in [9.17, 15) is 8.42 Å². The first-order valence-electron chi connectivity index (χ1n) is 8.89. The number of benzene rings is 1. The fraction of sp³-hybridized carbons (Fsp3) is 0.450. The Morgan fingerprint density at radius 1 is 1.04 bits per heavy atom. The van der Waals surface area contributed by atoms with E-state index in [1.807, 2.05) is 12.1 Å². The second-order valence-corrected chi connectivity index (χ2v) is 9.16. The van der Waals surface area contributed by atoms with Crippen LogP contribution in [0, 0.1) is 0 Å². The molecule has 1 aliphatic rings. The van der Waals surface area contributed by atoms with Gasteiger partial charge in [0.2, 0.25) is 0 Å². The van der Waals surface area contributed by atoms with E-state index in [1.54, 1.807) is 6.20 Å². The van der Waals surface area contributed by atoms with Crippen LogP contribution in [0.1, 0.15) is 43.4 Å². The third-order valence-corrected chi connectivity index (χ3v) is 5.74. The van der Waals surface area contributed by atoms with Gasteiger partial charge in [-0.15, -0.1) is 0 Å². The van der Waals surface area contributed by atoms with Gasteiger partial charge >= 0.3 is 0 Å². The molecular formula is C20H26N2O2S. The molecule has 1 aromatic heterocycles. The lowest BCUT2D eigenvalue weighted by atomic mass is 10.0. The van der Waals surface area contributed by atoms with Gasteiger partial charge < -0.3 is 0 Å². The maximum atomic E-state index is 11.4. The van der Waals surface area contributed by atoms with E-state index in [0.29, 0.717) is 6.04 Å². The molecule has 0 aliphatic carbocycles. The summed E-state index contributed by atoms with van der Waals surface area (Å²) >= 11 is 0. The lowest BCUT2D eigenvalue weighted by molar-refractivity contribution is 0.175. The highest BCUT2D eigenvalue weighted by Crippen LogP contribution is 2.26. The standard InChI is InChI=1S/C20H26N2O2S/c1-16(22-12-4-3-5-13-22)18-7-9-19(10-8-18)20-11-6-17(14-21-20)15-25(2,23)24/h6-11,14,16H,3-5,12-13,15H2,1-2H3/t16-/m0/s1. The lowest BCUT2D eigenvalue weighted by Crippen LogP contribution is -2.32. The molecular weight excluding hydrogens is 332 g/mol. The average molecular weight is 359 g/mol. The second kappa shape index (κ2) is 7.67. The predicted molar refractivity (Wildman–Crippen MR) is 102 cm³/mol. The SMILES string of the molecule is C[C@@H](c1ccc(-c2ccc(CS(C)(=O)=O)cn2)cc1)N1CCCCC1.